The SMILES string of the molecule is COc1ccc(C2/C(=C(\O)c3cc(C)cc(C)c3OC)C(=O)C(=O)N2c2ccc(F)c(Cl)c2)cc1. The summed E-state index contributed by atoms with van der Waals surface area (Å²) in [5, 5.41) is 11.3. The lowest BCUT2D eigenvalue weighted by Gasteiger charge is -2.26. The summed E-state index contributed by atoms with van der Waals surface area (Å²) in [5.74, 6) is -1.83. The highest BCUT2D eigenvalue weighted by atomic mass is 35.5. The zero-order valence-corrected chi connectivity index (χ0v) is 20.3. The number of nitrogens with zero attached hydrogens (tertiary/aromatic N) is 1. The molecule has 8 heteroatoms. The van der Waals surface area contributed by atoms with Gasteiger partial charge in [-0.05, 0) is 66.9 Å². The van der Waals surface area contributed by atoms with Crippen molar-refractivity contribution in [2.75, 3.05) is 19.1 Å². The number of ketones is 1. The number of hydrogen-bond acceptors (Lipinski definition) is 5. The van der Waals surface area contributed by atoms with Gasteiger partial charge in [-0.3, -0.25) is 14.5 Å². The maximum Gasteiger partial charge on any atom is 0.300 e. The number of hydrogen-bond donors (Lipinski definition) is 1. The van der Waals surface area contributed by atoms with Gasteiger partial charge in [0, 0.05) is 5.69 Å². The van der Waals surface area contributed by atoms with E-state index in [9.17, 15) is 19.1 Å². The molecule has 1 unspecified atom stereocenters. The van der Waals surface area contributed by atoms with Gasteiger partial charge in [-0.2, -0.15) is 0 Å². The van der Waals surface area contributed by atoms with E-state index in [0.717, 1.165) is 17.2 Å². The van der Waals surface area contributed by atoms with Crippen molar-refractivity contribution >= 4 is 34.7 Å². The topological polar surface area (TPSA) is 76.1 Å². The van der Waals surface area contributed by atoms with Gasteiger partial charge in [-0.25, -0.2) is 4.39 Å². The zero-order valence-electron chi connectivity index (χ0n) is 19.6. The van der Waals surface area contributed by atoms with E-state index in [1.807, 2.05) is 19.9 Å². The Morgan fingerprint density at radius 2 is 1.69 bits per heavy atom. The fraction of sp³-hybridized carbons (Fsp3) is 0.185. The van der Waals surface area contributed by atoms with E-state index in [2.05, 4.69) is 0 Å². The Morgan fingerprint density at radius 1 is 1.00 bits per heavy atom. The third-order valence-electron chi connectivity index (χ3n) is 5.94. The molecule has 0 aromatic heterocycles. The molecule has 1 aliphatic rings. The number of Topliss-reactive ketones (excluding diaryl/α,β-unsaturated/α-hetero) is 1. The summed E-state index contributed by atoms with van der Waals surface area (Å²) in [5.41, 5.74) is 2.52. The number of halogens is 2. The van der Waals surface area contributed by atoms with Crippen molar-refractivity contribution in [2.24, 2.45) is 0 Å². The van der Waals surface area contributed by atoms with Crippen molar-refractivity contribution in [3.63, 3.8) is 0 Å². The number of aryl methyl sites for hydroxylation is 2. The number of aliphatic hydroxyl groups excluding tert-OH is 1. The number of amides is 1. The molecule has 0 bridgehead atoms. The van der Waals surface area contributed by atoms with Gasteiger partial charge in [-0.1, -0.05) is 29.8 Å². The van der Waals surface area contributed by atoms with Gasteiger partial charge in [-0.15, -0.1) is 0 Å². The van der Waals surface area contributed by atoms with Crippen LogP contribution in [-0.4, -0.2) is 31.0 Å². The van der Waals surface area contributed by atoms with Gasteiger partial charge in [0.2, 0.25) is 0 Å². The zero-order chi connectivity index (χ0) is 25.4. The average Bonchev–Trinajstić information content (AvgIpc) is 3.10. The highest BCUT2D eigenvalue weighted by molar-refractivity contribution is 6.51. The lowest BCUT2D eigenvalue weighted by molar-refractivity contribution is -0.132. The predicted octanol–water partition coefficient (Wildman–Crippen LogP) is 5.74. The van der Waals surface area contributed by atoms with Crippen LogP contribution in [0.2, 0.25) is 5.02 Å². The summed E-state index contributed by atoms with van der Waals surface area (Å²) in [7, 11) is 2.99. The second kappa shape index (κ2) is 9.43. The molecular weight excluding hydrogens is 473 g/mol. The van der Waals surface area contributed by atoms with E-state index in [4.69, 9.17) is 21.1 Å². The molecular formula is C27H23ClFNO5. The molecule has 1 atom stereocenters. The quantitative estimate of drug-likeness (QED) is 0.277. The molecule has 180 valence electrons. The van der Waals surface area contributed by atoms with Crippen molar-refractivity contribution in [3.05, 3.63) is 93.3 Å². The summed E-state index contributed by atoms with van der Waals surface area (Å²) < 4.78 is 24.6. The van der Waals surface area contributed by atoms with Crippen molar-refractivity contribution in [1.29, 1.82) is 0 Å². The number of rotatable bonds is 5. The minimum absolute atomic E-state index is 0.121. The molecule has 0 spiro atoms. The van der Waals surface area contributed by atoms with Gasteiger partial charge >= 0.3 is 0 Å². The third kappa shape index (κ3) is 4.23. The fourth-order valence-corrected chi connectivity index (χ4v) is 4.56. The van der Waals surface area contributed by atoms with Crippen LogP contribution in [0.5, 0.6) is 11.5 Å². The molecule has 35 heavy (non-hydrogen) atoms. The van der Waals surface area contributed by atoms with Crippen molar-refractivity contribution in [2.45, 2.75) is 19.9 Å². The highest BCUT2D eigenvalue weighted by Crippen LogP contribution is 2.44. The number of ether oxygens (including phenoxy) is 2. The summed E-state index contributed by atoms with van der Waals surface area (Å²) in [6.45, 7) is 3.67. The van der Waals surface area contributed by atoms with Crippen LogP contribution in [0.25, 0.3) is 5.76 Å². The smallest absolute Gasteiger partial charge is 0.300 e. The van der Waals surface area contributed by atoms with Crippen molar-refractivity contribution in [1.82, 2.24) is 0 Å². The molecule has 1 saturated heterocycles. The first-order chi connectivity index (χ1) is 16.7. The van der Waals surface area contributed by atoms with Crippen LogP contribution in [0.15, 0.2) is 60.2 Å². The Balaban J connectivity index is 2.00. The molecule has 1 heterocycles. The van der Waals surface area contributed by atoms with Crippen LogP contribution in [0.1, 0.15) is 28.3 Å². The molecule has 1 fully saturated rings. The highest BCUT2D eigenvalue weighted by Gasteiger charge is 2.47. The average molecular weight is 496 g/mol. The molecule has 0 aliphatic carbocycles. The molecule has 0 saturated carbocycles. The van der Waals surface area contributed by atoms with Crippen LogP contribution >= 0.6 is 11.6 Å². The summed E-state index contributed by atoms with van der Waals surface area (Å²) in [6.07, 6.45) is 0. The Bertz CT molecular complexity index is 1370. The van der Waals surface area contributed by atoms with Crippen LogP contribution in [-0.2, 0) is 9.59 Å². The molecule has 1 amide bonds. The van der Waals surface area contributed by atoms with Crippen molar-refractivity contribution < 1.29 is 28.6 Å². The Labute approximate surface area is 207 Å². The Morgan fingerprint density at radius 3 is 2.29 bits per heavy atom. The summed E-state index contributed by atoms with van der Waals surface area (Å²) >= 11 is 5.99. The first-order valence-electron chi connectivity index (χ1n) is 10.7. The minimum atomic E-state index is -1.01. The maximum atomic E-state index is 13.9. The lowest BCUT2D eigenvalue weighted by Crippen LogP contribution is -2.29. The minimum Gasteiger partial charge on any atom is -0.507 e. The molecule has 4 rings (SSSR count). The first kappa shape index (κ1) is 24.3. The number of methoxy groups -OCH3 is 2. The van der Waals surface area contributed by atoms with E-state index < -0.39 is 23.5 Å². The van der Waals surface area contributed by atoms with Gasteiger partial charge in [0.15, 0.2) is 0 Å². The van der Waals surface area contributed by atoms with E-state index in [-0.39, 0.29) is 22.0 Å². The van der Waals surface area contributed by atoms with Gasteiger partial charge in [0.05, 0.1) is 36.4 Å². The van der Waals surface area contributed by atoms with Crippen LogP contribution in [0, 0.1) is 19.7 Å². The van der Waals surface area contributed by atoms with Gasteiger partial charge in [0.1, 0.15) is 23.1 Å². The first-order valence-corrected chi connectivity index (χ1v) is 11.1. The number of aliphatic hydroxyl groups is 1. The largest absolute Gasteiger partial charge is 0.507 e. The number of benzene rings is 3. The number of anilines is 1. The van der Waals surface area contributed by atoms with E-state index in [1.54, 1.807) is 30.3 Å². The standard InChI is InChI=1S/C27H23ClFNO5/c1-14-11-15(2)26(35-4)19(12-14)24(31)22-23(16-5-8-18(34-3)9-6-16)30(27(33)25(22)32)17-7-10-21(29)20(28)13-17/h5-13,23,31H,1-4H3/b24-22+. The lowest BCUT2D eigenvalue weighted by atomic mass is 9.93. The van der Waals surface area contributed by atoms with Gasteiger partial charge < -0.3 is 14.6 Å². The maximum absolute atomic E-state index is 13.9. The Hall–Kier alpha value is -3.84. The van der Waals surface area contributed by atoms with E-state index in [0.29, 0.717) is 22.6 Å². The Kier molecular flexibility index (Phi) is 6.54. The van der Waals surface area contributed by atoms with Gasteiger partial charge in [0.25, 0.3) is 11.7 Å². The molecule has 3 aromatic carbocycles. The molecule has 0 radical (unpaired) electrons. The van der Waals surface area contributed by atoms with Crippen LogP contribution < -0.4 is 14.4 Å². The van der Waals surface area contributed by atoms with Crippen molar-refractivity contribution in [3.8, 4) is 11.5 Å². The van der Waals surface area contributed by atoms with E-state index in [1.165, 1.54) is 31.3 Å². The monoisotopic (exact) mass is 495 g/mol. The third-order valence-corrected chi connectivity index (χ3v) is 6.23. The molecule has 1 N–H and O–H groups in total. The molecule has 6 nitrogen and oxygen atoms in total. The normalized spacial score (nSPS) is 17.1. The molecule has 1 aliphatic heterocycles. The predicted molar refractivity (Wildman–Crippen MR) is 132 cm³/mol. The summed E-state index contributed by atoms with van der Waals surface area (Å²) in [6, 6.07) is 13.1. The second-order valence-corrected chi connectivity index (χ2v) is 8.61. The number of carbonyl (C=O) groups excluding carboxylic acids is 2. The van der Waals surface area contributed by atoms with Crippen LogP contribution in [0.4, 0.5) is 10.1 Å². The number of carbonyl (C=O) groups is 2. The van der Waals surface area contributed by atoms with Crippen LogP contribution in [0.3, 0.4) is 0 Å². The summed E-state index contributed by atoms with van der Waals surface area (Å²) in [4.78, 5) is 27.8. The van der Waals surface area contributed by atoms with E-state index >= 15 is 0 Å². The fourth-order valence-electron chi connectivity index (χ4n) is 4.38. The second-order valence-electron chi connectivity index (χ2n) is 8.20. The molecule has 3 aromatic rings.